The van der Waals surface area contributed by atoms with Gasteiger partial charge in [-0.3, -0.25) is 4.79 Å². The first-order valence-corrected chi connectivity index (χ1v) is 5.21. The topological polar surface area (TPSA) is 142 Å². The number of carboxylic acid groups (broad SMARTS) is 1. The first-order valence-electron chi connectivity index (χ1n) is 3.72. The average molecular weight is 227 g/mol. The molecular formula is C5H13N3O5S. The summed E-state index contributed by atoms with van der Waals surface area (Å²) in [4.78, 5) is 10.2. The molecule has 0 saturated heterocycles. The first-order chi connectivity index (χ1) is 6.39. The second-order valence-corrected chi connectivity index (χ2v) is 4.00. The summed E-state index contributed by atoms with van der Waals surface area (Å²) in [7, 11) is -3.78. The molecule has 0 amide bonds. The van der Waals surface area contributed by atoms with Crippen LogP contribution in [0, 0.1) is 0 Å². The zero-order valence-electron chi connectivity index (χ0n) is 7.30. The van der Waals surface area contributed by atoms with E-state index in [9.17, 15) is 13.2 Å². The number of carboxylic acids is 1. The van der Waals surface area contributed by atoms with E-state index >= 15 is 0 Å². The number of rotatable bonds is 7. The highest BCUT2D eigenvalue weighted by Crippen LogP contribution is 1.80. The summed E-state index contributed by atoms with van der Waals surface area (Å²) >= 11 is 0. The summed E-state index contributed by atoms with van der Waals surface area (Å²) in [5.74, 6) is -1.30. The summed E-state index contributed by atoms with van der Waals surface area (Å²) in [5.41, 5.74) is 5.05. The molecule has 6 N–H and O–H groups in total. The molecule has 9 heteroatoms. The van der Waals surface area contributed by atoms with Gasteiger partial charge in [0.1, 0.15) is 6.04 Å². The molecule has 0 unspecified atom stereocenters. The van der Waals surface area contributed by atoms with Crippen LogP contribution in [0.5, 0.6) is 0 Å². The minimum atomic E-state index is -3.78. The molecule has 0 bridgehead atoms. The van der Waals surface area contributed by atoms with Crippen molar-refractivity contribution in [1.29, 1.82) is 0 Å². The number of hydrogen-bond acceptors (Lipinski definition) is 5. The predicted molar refractivity (Wildman–Crippen MR) is 47.6 cm³/mol. The fraction of sp³-hybridized carbons (Fsp3) is 0.800. The zero-order valence-corrected chi connectivity index (χ0v) is 8.12. The molecule has 0 saturated carbocycles. The van der Waals surface area contributed by atoms with Crippen molar-refractivity contribution < 1.29 is 23.4 Å². The lowest BCUT2D eigenvalue weighted by Gasteiger charge is -2.09. The molecule has 1 atom stereocenters. The van der Waals surface area contributed by atoms with E-state index in [1.165, 1.54) is 0 Å². The number of aliphatic carboxylic acids is 1. The van der Waals surface area contributed by atoms with Crippen LogP contribution in [-0.2, 0) is 15.0 Å². The zero-order chi connectivity index (χ0) is 11.2. The Kier molecular flexibility index (Phi) is 5.57. The lowest BCUT2D eigenvalue weighted by atomic mass is 10.3. The Bertz CT molecular complexity index is 277. The maximum Gasteiger partial charge on any atom is 0.321 e. The first kappa shape index (κ1) is 13.3. The Morgan fingerprint density at radius 3 is 2.43 bits per heavy atom. The molecule has 0 fully saturated rings. The number of carbonyl (C=O) groups is 1. The van der Waals surface area contributed by atoms with Crippen LogP contribution in [0.4, 0.5) is 0 Å². The van der Waals surface area contributed by atoms with E-state index in [2.05, 4.69) is 0 Å². The van der Waals surface area contributed by atoms with Gasteiger partial charge in [0.15, 0.2) is 0 Å². The van der Waals surface area contributed by atoms with E-state index in [-0.39, 0.29) is 13.2 Å². The van der Waals surface area contributed by atoms with Crippen molar-refractivity contribution in [3.63, 3.8) is 0 Å². The summed E-state index contributed by atoms with van der Waals surface area (Å²) in [6.45, 7) is -0.889. The quantitative estimate of drug-likeness (QED) is 0.310. The van der Waals surface area contributed by atoms with Crippen molar-refractivity contribution in [2.24, 2.45) is 5.73 Å². The van der Waals surface area contributed by atoms with Crippen LogP contribution < -0.4 is 15.2 Å². The van der Waals surface area contributed by atoms with Crippen molar-refractivity contribution in [3.8, 4) is 0 Å². The van der Waals surface area contributed by atoms with E-state index in [0.717, 1.165) is 0 Å². The number of aliphatic hydroxyl groups is 1. The van der Waals surface area contributed by atoms with Gasteiger partial charge >= 0.3 is 5.97 Å². The predicted octanol–water partition coefficient (Wildman–Crippen LogP) is -3.19. The van der Waals surface area contributed by atoms with Gasteiger partial charge in [-0.05, 0) is 0 Å². The molecule has 0 radical (unpaired) electrons. The summed E-state index contributed by atoms with van der Waals surface area (Å²) in [5, 5.41) is 16.7. The van der Waals surface area contributed by atoms with Crippen LogP contribution in [0.3, 0.4) is 0 Å². The molecule has 0 aromatic carbocycles. The lowest BCUT2D eigenvalue weighted by molar-refractivity contribution is -0.138. The number of hydrogen-bond donors (Lipinski definition) is 5. The van der Waals surface area contributed by atoms with E-state index in [1.54, 1.807) is 0 Å². The summed E-state index contributed by atoms with van der Waals surface area (Å²) in [6, 6.07) is -1.29. The molecule has 0 rings (SSSR count). The molecule has 14 heavy (non-hydrogen) atoms. The van der Waals surface area contributed by atoms with Gasteiger partial charge in [0.25, 0.3) is 10.2 Å². The van der Waals surface area contributed by atoms with Crippen molar-refractivity contribution in [1.82, 2.24) is 9.44 Å². The summed E-state index contributed by atoms with van der Waals surface area (Å²) < 4.78 is 25.8. The van der Waals surface area contributed by atoms with Gasteiger partial charge in [-0.15, -0.1) is 0 Å². The standard InChI is InChI=1S/C5H13N3O5S/c6-4(5(10)11)3-8-14(12,13)7-1-2-9/h4,7-9H,1-3,6H2,(H,10,11)/t4-/m0/s1. The van der Waals surface area contributed by atoms with Crippen LogP contribution in [0.25, 0.3) is 0 Å². The van der Waals surface area contributed by atoms with Crippen molar-refractivity contribution in [2.75, 3.05) is 19.7 Å². The van der Waals surface area contributed by atoms with Crippen LogP contribution in [0.15, 0.2) is 0 Å². The molecule has 0 aliphatic heterocycles. The third-order valence-electron chi connectivity index (χ3n) is 1.21. The summed E-state index contributed by atoms with van der Waals surface area (Å²) in [6.07, 6.45) is 0. The fourth-order valence-corrected chi connectivity index (χ4v) is 1.38. The normalized spacial score (nSPS) is 13.9. The van der Waals surface area contributed by atoms with E-state index in [0.29, 0.717) is 0 Å². The molecule has 0 spiro atoms. The lowest BCUT2D eigenvalue weighted by Crippen LogP contribution is -2.46. The second kappa shape index (κ2) is 5.88. The Hall–Kier alpha value is -0.740. The van der Waals surface area contributed by atoms with Gasteiger partial charge in [0.05, 0.1) is 6.61 Å². The van der Waals surface area contributed by atoms with Gasteiger partial charge in [-0.2, -0.15) is 8.42 Å². The second-order valence-electron chi connectivity index (χ2n) is 2.41. The van der Waals surface area contributed by atoms with Crippen LogP contribution in [-0.4, -0.2) is 50.3 Å². The molecule has 0 heterocycles. The molecular weight excluding hydrogens is 214 g/mol. The maximum atomic E-state index is 10.9. The number of nitrogens with two attached hydrogens (primary N) is 1. The number of aliphatic hydroxyl groups excluding tert-OH is 1. The minimum Gasteiger partial charge on any atom is -0.480 e. The third kappa shape index (κ3) is 5.83. The molecule has 8 nitrogen and oxygen atoms in total. The van der Waals surface area contributed by atoms with Gasteiger partial charge in [0.2, 0.25) is 0 Å². The van der Waals surface area contributed by atoms with Crippen molar-refractivity contribution in [2.45, 2.75) is 6.04 Å². The van der Waals surface area contributed by atoms with Crippen LogP contribution in [0.1, 0.15) is 0 Å². The maximum absolute atomic E-state index is 10.9. The van der Waals surface area contributed by atoms with Gasteiger partial charge < -0.3 is 15.9 Å². The molecule has 0 aromatic heterocycles. The van der Waals surface area contributed by atoms with Crippen molar-refractivity contribution in [3.05, 3.63) is 0 Å². The van der Waals surface area contributed by atoms with E-state index < -0.39 is 28.8 Å². The Balaban J connectivity index is 3.93. The van der Waals surface area contributed by atoms with Crippen LogP contribution >= 0.6 is 0 Å². The van der Waals surface area contributed by atoms with Gasteiger partial charge in [0, 0.05) is 13.1 Å². The average Bonchev–Trinajstić information content (AvgIpc) is 2.11. The Morgan fingerprint density at radius 1 is 1.43 bits per heavy atom. The van der Waals surface area contributed by atoms with E-state index in [1.807, 2.05) is 9.44 Å². The largest absolute Gasteiger partial charge is 0.480 e. The molecule has 84 valence electrons. The minimum absolute atomic E-state index is 0.141. The monoisotopic (exact) mass is 227 g/mol. The highest BCUT2D eigenvalue weighted by atomic mass is 32.2. The molecule has 0 aliphatic carbocycles. The van der Waals surface area contributed by atoms with Crippen molar-refractivity contribution >= 4 is 16.2 Å². The van der Waals surface area contributed by atoms with E-state index in [4.69, 9.17) is 15.9 Å². The fourth-order valence-electron chi connectivity index (χ4n) is 0.518. The molecule has 0 aromatic rings. The van der Waals surface area contributed by atoms with Gasteiger partial charge in [-0.25, -0.2) is 9.44 Å². The SMILES string of the molecule is N[C@@H](CNS(=O)(=O)NCCO)C(=O)O. The molecule has 0 aliphatic rings. The highest BCUT2D eigenvalue weighted by molar-refractivity contribution is 7.87. The smallest absolute Gasteiger partial charge is 0.321 e. The van der Waals surface area contributed by atoms with Crippen LogP contribution in [0.2, 0.25) is 0 Å². The Morgan fingerprint density at radius 2 is 2.00 bits per heavy atom. The van der Waals surface area contributed by atoms with Gasteiger partial charge in [-0.1, -0.05) is 0 Å². The third-order valence-corrected chi connectivity index (χ3v) is 2.35. The Labute approximate surface area is 81.3 Å². The number of nitrogens with one attached hydrogen (secondary N) is 2. The highest BCUT2D eigenvalue weighted by Gasteiger charge is 2.15.